The molecular weight excluding hydrogens is 527 g/mol. The molecule has 1 aliphatic rings. The van der Waals surface area contributed by atoms with Gasteiger partial charge in [0, 0.05) is 16.1 Å². The molecule has 1 N–H and O–H groups in total. The molecule has 1 aliphatic carbocycles. The first-order valence-electron chi connectivity index (χ1n) is 10.6. The quantitative estimate of drug-likeness (QED) is 0.181. The van der Waals surface area contributed by atoms with E-state index >= 15 is 0 Å². The number of rotatable bonds is 6. The van der Waals surface area contributed by atoms with E-state index in [2.05, 4.69) is 5.10 Å². The van der Waals surface area contributed by atoms with Gasteiger partial charge >= 0.3 is 5.97 Å². The Hall–Kier alpha value is -3.65. The van der Waals surface area contributed by atoms with Gasteiger partial charge in [-0.05, 0) is 31.2 Å². The van der Waals surface area contributed by atoms with Crippen LogP contribution in [0.1, 0.15) is 43.7 Å². The molecule has 0 spiro atoms. The van der Waals surface area contributed by atoms with Gasteiger partial charge in [-0.3, -0.25) is 19.5 Å². The Morgan fingerprint density at radius 1 is 0.972 bits per heavy atom. The first-order valence-corrected chi connectivity index (χ1v) is 11.8. The minimum Gasteiger partial charge on any atom is -0.461 e. The normalized spacial score (nSPS) is 13.2. The standard InChI is InChI=1S/C26H17Cl3N2O5/c1-2-36-26(35)21-17(25(34)31(30-21)22-19(28)12-14(27)13-20(22)29)10-4-3-5-11-18-23(32)15-8-6-7-9-16(15)24(18)33/h3-13,30H,2H2,1H3. The van der Waals surface area contributed by atoms with Crippen LogP contribution in [0.4, 0.5) is 0 Å². The van der Waals surface area contributed by atoms with Gasteiger partial charge in [0.2, 0.25) is 0 Å². The van der Waals surface area contributed by atoms with Crippen molar-refractivity contribution in [3.63, 3.8) is 0 Å². The third kappa shape index (κ3) is 4.73. The lowest BCUT2D eigenvalue weighted by Gasteiger charge is -2.08. The number of aromatic nitrogens is 2. The van der Waals surface area contributed by atoms with Gasteiger partial charge in [0.1, 0.15) is 5.69 Å². The molecule has 0 aliphatic heterocycles. The third-order valence-electron chi connectivity index (χ3n) is 5.26. The number of carbonyl (C=O) groups excluding carboxylic acids is 3. The van der Waals surface area contributed by atoms with E-state index in [4.69, 9.17) is 39.5 Å². The first-order chi connectivity index (χ1) is 17.2. The number of benzene rings is 2. The van der Waals surface area contributed by atoms with Crippen molar-refractivity contribution in [1.29, 1.82) is 0 Å². The van der Waals surface area contributed by atoms with Crippen molar-refractivity contribution in [2.45, 2.75) is 6.92 Å². The highest BCUT2D eigenvalue weighted by atomic mass is 35.5. The topological polar surface area (TPSA) is 98.2 Å². The van der Waals surface area contributed by atoms with Gasteiger partial charge in [-0.15, -0.1) is 0 Å². The van der Waals surface area contributed by atoms with Crippen LogP contribution in [0.5, 0.6) is 0 Å². The smallest absolute Gasteiger partial charge is 0.357 e. The summed E-state index contributed by atoms with van der Waals surface area (Å²) in [5, 5.41) is 3.17. The second-order valence-corrected chi connectivity index (χ2v) is 8.76. The molecule has 36 heavy (non-hydrogen) atoms. The Labute approximate surface area is 220 Å². The molecule has 10 heteroatoms. The molecule has 2 aromatic carbocycles. The van der Waals surface area contributed by atoms with Crippen molar-refractivity contribution in [3.05, 3.63) is 114 Å². The maximum absolute atomic E-state index is 13.2. The highest BCUT2D eigenvalue weighted by molar-refractivity contribution is 6.41. The maximum atomic E-state index is 13.2. The van der Waals surface area contributed by atoms with Crippen LogP contribution >= 0.6 is 34.8 Å². The molecule has 0 saturated heterocycles. The van der Waals surface area contributed by atoms with Gasteiger partial charge in [-0.2, -0.15) is 0 Å². The van der Waals surface area contributed by atoms with E-state index in [1.165, 1.54) is 42.5 Å². The average molecular weight is 544 g/mol. The molecule has 0 saturated carbocycles. The molecule has 0 fully saturated rings. The van der Waals surface area contributed by atoms with Crippen molar-refractivity contribution in [2.24, 2.45) is 0 Å². The van der Waals surface area contributed by atoms with Gasteiger partial charge in [0.05, 0.1) is 27.8 Å². The number of hydrogen-bond acceptors (Lipinski definition) is 5. The molecule has 0 atom stereocenters. The Balaban J connectivity index is 1.67. The highest BCUT2D eigenvalue weighted by Gasteiger charge is 2.31. The van der Waals surface area contributed by atoms with Crippen molar-refractivity contribution < 1.29 is 19.1 Å². The summed E-state index contributed by atoms with van der Waals surface area (Å²) < 4.78 is 6.09. The summed E-state index contributed by atoms with van der Waals surface area (Å²) in [7, 11) is 0. The summed E-state index contributed by atoms with van der Waals surface area (Å²) in [6.45, 7) is 1.73. The number of allylic oxidation sites excluding steroid dienone is 5. The average Bonchev–Trinajstić information content (AvgIpc) is 3.28. The van der Waals surface area contributed by atoms with Crippen LogP contribution in [0.25, 0.3) is 11.8 Å². The Bertz CT molecular complexity index is 1500. The van der Waals surface area contributed by atoms with Crippen molar-refractivity contribution in [2.75, 3.05) is 6.61 Å². The minimum absolute atomic E-state index is 0.00624. The number of nitrogens with zero attached hydrogens (tertiary/aromatic N) is 1. The van der Waals surface area contributed by atoms with Crippen molar-refractivity contribution in [3.8, 4) is 5.69 Å². The molecule has 0 radical (unpaired) electrons. The number of H-pyrrole nitrogens is 1. The van der Waals surface area contributed by atoms with Crippen LogP contribution in [-0.4, -0.2) is 33.9 Å². The minimum atomic E-state index is -0.750. The first kappa shape index (κ1) is 25.4. The van der Waals surface area contributed by atoms with E-state index < -0.39 is 11.5 Å². The largest absolute Gasteiger partial charge is 0.461 e. The van der Waals surface area contributed by atoms with E-state index in [1.54, 1.807) is 31.2 Å². The maximum Gasteiger partial charge on any atom is 0.357 e. The third-order valence-corrected chi connectivity index (χ3v) is 6.06. The fourth-order valence-electron chi connectivity index (χ4n) is 3.66. The van der Waals surface area contributed by atoms with Crippen LogP contribution in [0.3, 0.4) is 0 Å². The van der Waals surface area contributed by atoms with Gasteiger partial charge < -0.3 is 4.74 Å². The fourth-order valence-corrected chi connectivity index (χ4v) is 4.65. The zero-order valence-electron chi connectivity index (χ0n) is 18.7. The zero-order chi connectivity index (χ0) is 26.0. The molecular formula is C26H17Cl3N2O5. The molecule has 3 aromatic rings. The molecule has 4 rings (SSSR count). The van der Waals surface area contributed by atoms with E-state index in [0.717, 1.165) is 4.68 Å². The van der Waals surface area contributed by atoms with Crippen molar-refractivity contribution in [1.82, 2.24) is 9.78 Å². The van der Waals surface area contributed by atoms with E-state index in [9.17, 15) is 19.2 Å². The lowest BCUT2D eigenvalue weighted by molar-refractivity contribution is 0.0518. The second-order valence-electron chi connectivity index (χ2n) is 7.51. The van der Waals surface area contributed by atoms with Crippen LogP contribution < -0.4 is 5.56 Å². The fraction of sp³-hybridized carbons (Fsp3) is 0.0769. The predicted molar refractivity (Wildman–Crippen MR) is 139 cm³/mol. The number of esters is 1. The molecule has 0 bridgehead atoms. The van der Waals surface area contributed by atoms with Crippen molar-refractivity contribution >= 4 is 58.4 Å². The summed E-state index contributed by atoms with van der Waals surface area (Å²) in [6.07, 6.45) is 7.29. The van der Waals surface area contributed by atoms with Crippen LogP contribution in [-0.2, 0) is 4.74 Å². The SMILES string of the molecule is CCOC(=O)c1[nH]n(-c2c(Cl)cc(Cl)cc2Cl)c(=O)c1C=CC=CC=C1C(=O)c2ccccc2C1=O. The molecule has 0 amide bonds. The molecule has 1 heterocycles. The predicted octanol–water partition coefficient (Wildman–Crippen LogP) is 5.88. The van der Waals surface area contributed by atoms with Crippen LogP contribution in [0, 0.1) is 0 Å². The number of hydrogen-bond donors (Lipinski definition) is 1. The molecule has 7 nitrogen and oxygen atoms in total. The van der Waals surface area contributed by atoms with E-state index in [1.807, 2.05) is 0 Å². The Morgan fingerprint density at radius 2 is 1.58 bits per heavy atom. The summed E-state index contributed by atoms with van der Waals surface area (Å²) in [6, 6.07) is 9.43. The highest BCUT2D eigenvalue weighted by Crippen LogP contribution is 2.31. The molecule has 0 unspecified atom stereocenters. The number of nitrogens with one attached hydrogen (secondary N) is 1. The summed E-state index contributed by atoms with van der Waals surface area (Å²) in [5.74, 6) is -1.45. The summed E-state index contributed by atoms with van der Waals surface area (Å²) in [5.41, 5.74) is 0.175. The van der Waals surface area contributed by atoms with Crippen LogP contribution in [0.2, 0.25) is 15.1 Å². The summed E-state index contributed by atoms with van der Waals surface area (Å²) >= 11 is 18.5. The molecule has 182 valence electrons. The molecule has 1 aromatic heterocycles. The summed E-state index contributed by atoms with van der Waals surface area (Å²) in [4.78, 5) is 50.6. The van der Waals surface area contributed by atoms with Gasteiger partial charge in [-0.1, -0.05) is 77.3 Å². The lowest BCUT2D eigenvalue weighted by Crippen LogP contribution is -2.16. The number of fused-ring (bicyclic) bond motifs is 1. The number of Topliss-reactive ketones (excluding diaryl/α,β-unsaturated/α-hetero) is 2. The van der Waals surface area contributed by atoms with Gasteiger partial charge in [0.15, 0.2) is 17.3 Å². The number of aromatic amines is 1. The monoisotopic (exact) mass is 542 g/mol. The number of ketones is 2. The number of carbonyl (C=O) groups is 3. The van der Waals surface area contributed by atoms with Gasteiger partial charge in [-0.25, -0.2) is 9.48 Å². The number of ether oxygens (including phenoxy) is 1. The second kappa shape index (κ2) is 10.5. The Morgan fingerprint density at radius 3 is 2.17 bits per heavy atom. The number of halogens is 3. The zero-order valence-corrected chi connectivity index (χ0v) is 20.9. The Kier molecular flexibility index (Phi) is 7.45. The van der Waals surface area contributed by atoms with E-state index in [0.29, 0.717) is 11.1 Å². The lowest BCUT2D eigenvalue weighted by atomic mass is 10.1. The van der Waals surface area contributed by atoms with E-state index in [-0.39, 0.29) is 55.8 Å². The van der Waals surface area contributed by atoms with Crippen LogP contribution in [0.15, 0.2) is 71.1 Å². The van der Waals surface area contributed by atoms with Gasteiger partial charge in [0.25, 0.3) is 5.56 Å².